The summed E-state index contributed by atoms with van der Waals surface area (Å²) in [6, 6.07) is 0. The summed E-state index contributed by atoms with van der Waals surface area (Å²) in [5.74, 6) is -0.363. The molecule has 0 amide bonds. The van der Waals surface area contributed by atoms with Crippen molar-refractivity contribution in [2.24, 2.45) is 0 Å². The minimum Gasteiger partial charge on any atom is -0.505 e. The van der Waals surface area contributed by atoms with Crippen LogP contribution in [-0.4, -0.2) is 5.11 Å². The van der Waals surface area contributed by atoms with E-state index in [0.29, 0.717) is 0 Å². The topological polar surface area (TPSA) is 20.2 Å². The van der Waals surface area contributed by atoms with Gasteiger partial charge in [0, 0.05) is 0 Å². The predicted octanol–water partition coefficient (Wildman–Crippen LogP) is 10.3. The number of phenolic OH excluding ortho intramolecular Hbond substituents is 1. The van der Waals surface area contributed by atoms with E-state index in [2.05, 4.69) is 0 Å². The van der Waals surface area contributed by atoms with Gasteiger partial charge in [0.05, 0.1) is 45.2 Å². The van der Waals surface area contributed by atoms with E-state index in [1.165, 1.54) is 0 Å². The van der Waals surface area contributed by atoms with Crippen molar-refractivity contribution in [2.45, 2.75) is 0 Å². The zero-order valence-electron chi connectivity index (χ0n) is 10.6. The molecule has 132 valence electrons. The van der Waals surface area contributed by atoms with Gasteiger partial charge in [0.15, 0.2) is 5.75 Å². The van der Waals surface area contributed by atoms with Crippen molar-refractivity contribution in [1.82, 2.24) is 0 Å². The summed E-state index contributed by atoms with van der Waals surface area (Å²) in [5, 5.41) is 9.67. The molecule has 0 aromatic heterocycles. The van der Waals surface area contributed by atoms with Crippen LogP contribution in [0.5, 0.6) is 5.75 Å². The van der Waals surface area contributed by atoms with Crippen molar-refractivity contribution in [3.63, 3.8) is 0 Å². The Hall–Kier alpha value is 1.43. The monoisotopic (exact) mass is 546 g/mol. The summed E-state index contributed by atoms with van der Waals surface area (Å²) in [6.45, 7) is 0. The molecule has 1 nitrogen and oxygen atoms in total. The van der Waals surface area contributed by atoms with Crippen LogP contribution in [0.4, 0.5) is 0 Å². The zero-order valence-corrected chi connectivity index (χ0v) is 18.9. The van der Waals surface area contributed by atoms with Crippen LogP contribution in [-0.2, 0) is 0 Å². The third-order valence-corrected chi connectivity index (χ3v) is 7.45. The maximum Gasteiger partial charge on any atom is 0.155 e. The van der Waals surface area contributed by atoms with Crippen LogP contribution in [0.25, 0.3) is 0 Å². The van der Waals surface area contributed by atoms with Gasteiger partial charge in [-0.3, -0.25) is 0 Å². The van der Waals surface area contributed by atoms with Crippen molar-refractivity contribution in [3.8, 4) is 5.75 Å². The molecule has 0 fully saturated rings. The Kier molecular flexibility index (Phi) is 9.36. The average molecular weight is 551 g/mol. The van der Waals surface area contributed by atoms with Gasteiger partial charge in [-0.15, -0.1) is 0 Å². The molecule has 24 heavy (non-hydrogen) atoms. The van der Waals surface area contributed by atoms with Crippen molar-refractivity contribution in [2.75, 3.05) is 0 Å². The normalized spacial score (nSPS) is 10.5. The van der Waals surface area contributed by atoms with Crippen molar-refractivity contribution in [1.29, 1.82) is 0 Å². The second kappa shape index (κ2) is 9.57. The Balaban J connectivity index is 0.000000240. The molecular weight excluding hydrogens is 550 g/mol. The molecule has 2 aromatic rings. The number of phenols is 1. The second-order valence-electron chi connectivity index (χ2n) is 3.80. The molecule has 0 aliphatic rings. The fourth-order valence-electron chi connectivity index (χ4n) is 1.17. The van der Waals surface area contributed by atoms with Gasteiger partial charge in [0.2, 0.25) is 0 Å². The van der Waals surface area contributed by atoms with Gasteiger partial charge in [-0.1, -0.05) is 128 Å². The summed E-state index contributed by atoms with van der Waals surface area (Å²) < 4.78 is 0. The third-order valence-electron chi connectivity index (χ3n) is 2.34. The van der Waals surface area contributed by atoms with Crippen LogP contribution >= 0.6 is 128 Å². The third kappa shape index (κ3) is 4.82. The standard InChI is InChI=1S/C6Cl6.C6HCl5O/c2*7-1-2(8)4(10)6(12)5(11)3(1)9/h;12H. The first-order chi connectivity index (χ1) is 10.9. The molecule has 0 heterocycles. The van der Waals surface area contributed by atoms with Crippen molar-refractivity contribution in [3.05, 3.63) is 55.2 Å². The van der Waals surface area contributed by atoms with Crippen LogP contribution in [0.2, 0.25) is 55.2 Å². The smallest absolute Gasteiger partial charge is 0.155 e. The van der Waals surface area contributed by atoms with Gasteiger partial charge in [0.1, 0.15) is 10.0 Å². The molecule has 0 saturated carbocycles. The van der Waals surface area contributed by atoms with Crippen LogP contribution in [0.15, 0.2) is 0 Å². The molecule has 0 aliphatic carbocycles. The number of benzene rings is 2. The summed E-state index contributed by atoms with van der Waals surface area (Å²) in [7, 11) is 0. The maximum atomic E-state index is 9.20. The summed E-state index contributed by atoms with van der Waals surface area (Å²) >= 11 is 61.9. The van der Waals surface area contributed by atoms with Gasteiger partial charge in [-0.05, 0) is 0 Å². The highest BCUT2D eigenvalue weighted by molar-refractivity contribution is 6.59. The molecule has 0 aliphatic heterocycles. The van der Waals surface area contributed by atoms with Gasteiger partial charge < -0.3 is 5.11 Å². The largest absolute Gasteiger partial charge is 0.505 e. The van der Waals surface area contributed by atoms with Crippen LogP contribution in [0.1, 0.15) is 0 Å². The predicted molar refractivity (Wildman–Crippen MR) is 110 cm³/mol. The number of hydrogen-bond donors (Lipinski definition) is 1. The molecule has 0 atom stereocenters. The Bertz CT molecular complexity index is 525. The van der Waals surface area contributed by atoms with Crippen molar-refractivity contribution >= 4 is 128 Å². The average Bonchev–Trinajstić information content (AvgIpc) is 2.58. The lowest BCUT2D eigenvalue weighted by molar-refractivity contribution is 0.476. The Morgan fingerprint density at radius 1 is 0.292 bits per heavy atom. The first kappa shape index (κ1) is 23.5. The van der Waals surface area contributed by atoms with E-state index in [0.717, 1.165) is 0 Å². The summed E-state index contributed by atoms with van der Waals surface area (Å²) in [6.07, 6.45) is 0. The molecule has 0 bridgehead atoms. The lowest BCUT2D eigenvalue weighted by Crippen LogP contribution is -1.79. The number of rotatable bonds is 0. The van der Waals surface area contributed by atoms with Gasteiger partial charge >= 0.3 is 0 Å². The highest BCUT2D eigenvalue weighted by Gasteiger charge is 2.18. The van der Waals surface area contributed by atoms with Gasteiger partial charge in [-0.25, -0.2) is 0 Å². The fraction of sp³-hybridized carbons (Fsp3) is 0. The Morgan fingerprint density at radius 2 is 0.417 bits per heavy atom. The van der Waals surface area contributed by atoms with E-state index in [1.807, 2.05) is 0 Å². The van der Waals surface area contributed by atoms with Crippen molar-refractivity contribution < 1.29 is 5.11 Å². The van der Waals surface area contributed by atoms with E-state index in [9.17, 15) is 5.11 Å². The Labute approximate surface area is 192 Å². The summed E-state index contributed by atoms with van der Waals surface area (Å²) in [5.41, 5.74) is 0. The van der Waals surface area contributed by atoms with Gasteiger partial charge in [-0.2, -0.15) is 0 Å². The molecule has 12 heteroatoms. The highest BCUT2D eigenvalue weighted by Crippen LogP contribution is 2.47. The van der Waals surface area contributed by atoms with Crippen LogP contribution < -0.4 is 0 Å². The first-order valence-corrected chi connectivity index (χ1v) is 9.46. The number of hydrogen-bond acceptors (Lipinski definition) is 1. The van der Waals surface area contributed by atoms with E-state index in [-0.39, 0.29) is 61.0 Å². The molecule has 2 aromatic carbocycles. The van der Waals surface area contributed by atoms with Gasteiger partial charge in [0.25, 0.3) is 0 Å². The maximum absolute atomic E-state index is 9.20. The minimum atomic E-state index is -0.363. The molecule has 1 N–H and O–H groups in total. The molecular formula is C12HCl11O. The minimum absolute atomic E-state index is 0.00904. The number of halogens is 11. The number of aromatic hydroxyl groups is 1. The zero-order chi connectivity index (χ0) is 18.9. The molecule has 0 spiro atoms. The molecule has 2 rings (SSSR count). The lowest BCUT2D eigenvalue weighted by atomic mass is 10.3. The molecule has 0 saturated heterocycles. The van der Waals surface area contributed by atoms with E-state index in [4.69, 9.17) is 128 Å². The highest BCUT2D eigenvalue weighted by atomic mass is 35.5. The Morgan fingerprint density at radius 3 is 0.583 bits per heavy atom. The van der Waals surface area contributed by atoms with E-state index in [1.54, 1.807) is 0 Å². The van der Waals surface area contributed by atoms with E-state index < -0.39 is 0 Å². The van der Waals surface area contributed by atoms with Crippen LogP contribution in [0.3, 0.4) is 0 Å². The molecule has 0 unspecified atom stereocenters. The second-order valence-corrected chi connectivity index (χ2v) is 7.96. The lowest BCUT2D eigenvalue weighted by Gasteiger charge is -2.06. The molecule has 0 radical (unpaired) electrons. The first-order valence-electron chi connectivity index (χ1n) is 5.30. The van der Waals surface area contributed by atoms with E-state index >= 15 is 0 Å². The van der Waals surface area contributed by atoms with Crippen LogP contribution in [0, 0.1) is 0 Å². The SMILES string of the molecule is Clc1c(Cl)c(Cl)c(Cl)c(Cl)c1Cl.Oc1c(Cl)c(Cl)c(Cl)c(Cl)c1Cl. The quantitative estimate of drug-likeness (QED) is 0.255. The fourth-order valence-corrected chi connectivity index (χ4v) is 3.72. The summed E-state index contributed by atoms with van der Waals surface area (Å²) in [4.78, 5) is 0.